The lowest BCUT2D eigenvalue weighted by Crippen LogP contribution is -2.49. The van der Waals surface area contributed by atoms with Gasteiger partial charge < -0.3 is 19.3 Å². The van der Waals surface area contributed by atoms with Gasteiger partial charge in [0.15, 0.2) is 0 Å². The Hall–Kier alpha value is -1.89. The van der Waals surface area contributed by atoms with Gasteiger partial charge in [-0.25, -0.2) is 4.98 Å². The van der Waals surface area contributed by atoms with E-state index in [2.05, 4.69) is 14.9 Å². The second-order valence-electron chi connectivity index (χ2n) is 6.62. The topological polar surface area (TPSA) is 67.8 Å². The predicted molar refractivity (Wildman–Crippen MR) is 94.9 cm³/mol. The molecule has 2 aliphatic rings. The first-order chi connectivity index (χ1) is 12.2. The van der Waals surface area contributed by atoms with Crippen LogP contribution in [0, 0.1) is 6.92 Å². The van der Waals surface area contributed by atoms with E-state index in [1.807, 2.05) is 24.8 Å². The molecule has 1 unspecified atom stereocenters. The second-order valence-corrected chi connectivity index (χ2v) is 6.62. The maximum atomic E-state index is 12.4. The number of carbonyl (C=O) groups is 1. The third-order valence-corrected chi connectivity index (χ3v) is 4.73. The van der Waals surface area contributed by atoms with Gasteiger partial charge in [0.25, 0.3) is 0 Å². The molecule has 0 radical (unpaired) electrons. The van der Waals surface area contributed by atoms with Crippen molar-refractivity contribution < 1.29 is 14.3 Å². The van der Waals surface area contributed by atoms with Crippen LogP contribution in [0.3, 0.4) is 0 Å². The lowest BCUT2D eigenvalue weighted by molar-refractivity contribution is -0.132. The normalized spacial score (nSPS) is 20.8. The number of carbonyl (C=O) groups excluding carboxylic acids is 1. The first-order valence-corrected chi connectivity index (χ1v) is 9.28. The molecule has 2 saturated heterocycles. The standard InChI is InChI=1S/C18H28N4O3/c1-3-24-16-13-14(2)19-18(20-16)22-10-8-21(9-11-22)17(23)7-6-15-5-4-12-25-15/h13,15H,3-12H2,1-2H3. The Morgan fingerprint density at radius 1 is 1.32 bits per heavy atom. The zero-order chi connectivity index (χ0) is 17.6. The number of piperazine rings is 1. The third-order valence-electron chi connectivity index (χ3n) is 4.73. The molecule has 1 atom stereocenters. The zero-order valence-electron chi connectivity index (χ0n) is 15.2. The summed E-state index contributed by atoms with van der Waals surface area (Å²) in [5, 5.41) is 0. The van der Waals surface area contributed by atoms with Crippen molar-refractivity contribution in [2.75, 3.05) is 44.3 Å². The summed E-state index contributed by atoms with van der Waals surface area (Å²) in [5.74, 6) is 1.53. The van der Waals surface area contributed by atoms with Crippen LogP contribution < -0.4 is 9.64 Å². The largest absolute Gasteiger partial charge is 0.478 e. The summed E-state index contributed by atoms with van der Waals surface area (Å²) < 4.78 is 11.1. The van der Waals surface area contributed by atoms with E-state index in [0.29, 0.717) is 37.9 Å². The molecule has 0 aliphatic carbocycles. The summed E-state index contributed by atoms with van der Waals surface area (Å²) in [6.45, 7) is 8.25. The number of ether oxygens (including phenoxy) is 2. The molecule has 0 bridgehead atoms. The summed E-state index contributed by atoms with van der Waals surface area (Å²) in [4.78, 5) is 25.5. The van der Waals surface area contributed by atoms with Gasteiger partial charge in [-0.2, -0.15) is 4.98 Å². The van der Waals surface area contributed by atoms with E-state index in [1.165, 1.54) is 0 Å². The molecule has 7 heteroatoms. The molecule has 0 saturated carbocycles. The number of aromatic nitrogens is 2. The fraction of sp³-hybridized carbons (Fsp3) is 0.722. The van der Waals surface area contributed by atoms with Gasteiger partial charge in [-0.05, 0) is 33.1 Å². The van der Waals surface area contributed by atoms with Crippen LogP contribution >= 0.6 is 0 Å². The van der Waals surface area contributed by atoms with Crippen molar-refractivity contribution in [2.24, 2.45) is 0 Å². The highest BCUT2D eigenvalue weighted by atomic mass is 16.5. The van der Waals surface area contributed by atoms with Gasteiger partial charge in [-0.3, -0.25) is 4.79 Å². The number of amides is 1. The zero-order valence-corrected chi connectivity index (χ0v) is 15.2. The van der Waals surface area contributed by atoms with Gasteiger partial charge in [-0.1, -0.05) is 0 Å². The highest BCUT2D eigenvalue weighted by molar-refractivity contribution is 5.76. The summed E-state index contributed by atoms with van der Waals surface area (Å²) in [5.41, 5.74) is 0.892. The molecule has 2 fully saturated rings. The number of aryl methyl sites for hydroxylation is 1. The van der Waals surface area contributed by atoms with Crippen LogP contribution in [0.4, 0.5) is 5.95 Å². The Morgan fingerprint density at radius 3 is 2.80 bits per heavy atom. The number of rotatable bonds is 6. The fourth-order valence-corrected chi connectivity index (χ4v) is 3.36. The minimum atomic E-state index is 0.232. The van der Waals surface area contributed by atoms with Gasteiger partial charge >= 0.3 is 0 Å². The first-order valence-electron chi connectivity index (χ1n) is 9.28. The van der Waals surface area contributed by atoms with Crippen LogP contribution in [0.5, 0.6) is 5.88 Å². The summed E-state index contributed by atoms with van der Waals surface area (Å²) in [7, 11) is 0. The Bertz CT molecular complexity index is 582. The number of nitrogens with zero attached hydrogens (tertiary/aromatic N) is 4. The molecule has 3 rings (SSSR count). The van der Waals surface area contributed by atoms with Crippen molar-refractivity contribution in [1.29, 1.82) is 0 Å². The Balaban J connectivity index is 1.50. The monoisotopic (exact) mass is 348 g/mol. The molecule has 2 aliphatic heterocycles. The average molecular weight is 348 g/mol. The van der Waals surface area contributed by atoms with E-state index in [4.69, 9.17) is 9.47 Å². The molecule has 7 nitrogen and oxygen atoms in total. The van der Waals surface area contributed by atoms with Crippen molar-refractivity contribution in [2.45, 2.75) is 45.6 Å². The van der Waals surface area contributed by atoms with Crippen LogP contribution in [-0.4, -0.2) is 66.3 Å². The van der Waals surface area contributed by atoms with E-state index in [-0.39, 0.29) is 12.0 Å². The SMILES string of the molecule is CCOc1cc(C)nc(N2CCN(C(=O)CCC3CCCO3)CC2)n1. The molecule has 0 aromatic carbocycles. The van der Waals surface area contributed by atoms with E-state index in [1.54, 1.807) is 0 Å². The molecule has 0 N–H and O–H groups in total. The van der Waals surface area contributed by atoms with Gasteiger partial charge in [0.2, 0.25) is 17.7 Å². The smallest absolute Gasteiger partial charge is 0.228 e. The maximum Gasteiger partial charge on any atom is 0.228 e. The fourth-order valence-electron chi connectivity index (χ4n) is 3.36. The lowest BCUT2D eigenvalue weighted by Gasteiger charge is -2.35. The van der Waals surface area contributed by atoms with Crippen molar-refractivity contribution in [3.63, 3.8) is 0 Å². The van der Waals surface area contributed by atoms with Crippen LogP contribution in [0.25, 0.3) is 0 Å². The van der Waals surface area contributed by atoms with Gasteiger partial charge in [0, 0.05) is 51.0 Å². The molecule has 1 aromatic heterocycles. The third kappa shape index (κ3) is 4.81. The molecule has 1 aromatic rings. The highest BCUT2D eigenvalue weighted by Gasteiger charge is 2.24. The van der Waals surface area contributed by atoms with Gasteiger partial charge in [-0.15, -0.1) is 0 Å². The predicted octanol–water partition coefficient (Wildman–Crippen LogP) is 1.79. The van der Waals surface area contributed by atoms with Crippen molar-refractivity contribution >= 4 is 11.9 Å². The van der Waals surface area contributed by atoms with Crippen LogP contribution in [0.2, 0.25) is 0 Å². The summed E-state index contributed by atoms with van der Waals surface area (Å²) in [6, 6.07) is 1.85. The molecule has 1 amide bonds. The Morgan fingerprint density at radius 2 is 2.12 bits per heavy atom. The average Bonchev–Trinajstić information content (AvgIpc) is 3.13. The second kappa shape index (κ2) is 8.47. The Labute approximate surface area is 149 Å². The maximum absolute atomic E-state index is 12.4. The van der Waals surface area contributed by atoms with E-state index in [0.717, 1.165) is 44.7 Å². The van der Waals surface area contributed by atoms with Gasteiger partial charge in [0.1, 0.15) is 0 Å². The van der Waals surface area contributed by atoms with Crippen molar-refractivity contribution in [1.82, 2.24) is 14.9 Å². The molecular weight excluding hydrogens is 320 g/mol. The van der Waals surface area contributed by atoms with Crippen molar-refractivity contribution in [3.8, 4) is 5.88 Å². The minimum absolute atomic E-state index is 0.232. The summed E-state index contributed by atoms with van der Waals surface area (Å²) >= 11 is 0. The molecule has 25 heavy (non-hydrogen) atoms. The van der Waals surface area contributed by atoms with E-state index in [9.17, 15) is 4.79 Å². The Kier molecular flexibility index (Phi) is 6.07. The van der Waals surface area contributed by atoms with Gasteiger partial charge in [0.05, 0.1) is 12.7 Å². The number of hydrogen-bond acceptors (Lipinski definition) is 6. The van der Waals surface area contributed by atoms with Crippen LogP contribution in [0.15, 0.2) is 6.07 Å². The molecule has 0 spiro atoms. The highest BCUT2D eigenvalue weighted by Crippen LogP contribution is 2.19. The number of anilines is 1. The van der Waals surface area contributed by atoms with E-state index >= 15 is 0 Å². The lowest BCUT2D eigenvalue weighted by atomic mass is 10.1. The van der Waals surface area contributed by atoms with Crippen molar-refractivity contribution in [3.05, 3.63) is 11.8 Å². The van der Waals surface area contributed by atoms with Crippen LogP contribution in [0.1, 0.15) is 38.3 Å². The minimum Gasteiger partial charge on any atom is -0.478 e. The van der Waals surface area contributed by atoms with Crippen LogP contribution in [-0.2, 0) is 9.53 Å². The molecule has 138 valence electrons. The quantitative estimate of drug-likeness (QED) is 0.781. The molecule has 3 heterocycles. The van der Waals surface area contributed by atoms with E-state index < -0.39 is 0 Å². The summed E-state index contributed by atoms with van der Waals surface area (Å²) in [6.07, 6.45) is 3.92. The molecular formula is C18H28N4O3. The number of hydrogen-bond donors (Lipinski definition) is 0. The first kappa shape index (κ1) is 17.9.